The SMILES string of the molecule is COc1ccc(N2c3ccccc3-n3cc4c(=O)n(C)c(=O)n(C)c4c3C2c2cccc(F)c2F)cc1. The van der Waals surface area contributed by atoms with Crippen LogP contribution in [-0.4, -0.2) is 20.8 Å². The largest absolute Gasteiger partial charge is 0.497 e. The molecule has 0 bridgehead atoms. The maximum Gasteiger partial charge on any atom is 0.331 e. The van der Waals surface area contributed by atoms with E-state index in [0.717, 1.165) is 22.0 Å². The number of nitrogens with zero attached hydrogens (tertiary/aromatic N) is 4. The van der Waals surface area contributed by atoms with Crippen molar-refractivity contribution in [1.82, 2.24) is 13.7 Å². The number of halogens is 2. The molecule has 1 aliphatic heterocycles. The van der Waals surface area contributed by atoms with Crippen LogP contribution >= 0.6 is 0 Å². The average Bonchev–Trinajstić information content (AvgIpc) is 3.33. The van der Waals surface area contributed by atoms with Crippen LogP contribution in [0.3, 0.4) is 0 Å². The fraction of sp³-hybridized carbons (Fsp3) is 0.143. The van der Waals surface area contributed by atoms with Crippen molar-refractivity contribution in [3.63, 3.8) is 0 Å². The molecule has 9 heteroatoms. The first-order chi connectivity index (χ1) is 17.8. The van der Waals surface area contributed by atoms with Gasteiger partial charge in [-0.1, -0.05) is 24.3 Å². The lowest BCUT2D eigenvalue weighted by Gasteiger charge is -2.40. The van der Waals surface area contributed by atoms with Gasteiger partial charge in [-0.25, -0.2) is 13.6 Å². The Morgan fingerprint density at radius 3 is 2.24 bits per heavy atom. The molecular weight excluding hydrogens is 478 g/mol. The van der Waals surface area contributed by atoms with Crippen LogP contribution in [-0.2, 0) is 14.1 Å². The molecule has 0 saturated heterocycles. The van der Waals surface area contributed by atoms with E-state index in [1.165, 1.54) is 23.7 Å². The first-order valence-corrected chi connectivity index (χ1v) is 11.6. The molecule has 1 atom stereocenters. The van der Waals surface area contributed by atoms with E-state index in [1.54, 1.807) is 37.1 Å². The van der Waals surface area contributed by atoms with Crippen molar-refractivity contribution < 1.29 is 13.5 Å². The summed E-state index contributed by atoms with van der Waals surface area (Å²) >= 11 is 0. The van der Waals surface area contributed by atoms with Gasteiger partial charge in [-0.2, -0.15) is 0 Å². The summed E-state index contributed by atoms with van der Waals surface area (Å²) in [6, 6.07) is 17.9. The number of anilines is 2. The predicted molar refractivity (Wildman–Crippen MR) is 137 cm³/mol. The van der Waals surface area contributed by atoms with E-state index in [1.807, 2.05) is 41.3 Å². The van der Waals surface area contributed by atoms with Gasteiger partial charge < -0.3 is 14.2 Å². The van der Waals surface area contributed by atoms with E-state index in [0.29, 0.717) is 28.0 Å². The zero-order valence-corrected chi connectivity index (χ0v) is 20.3. The van der Waals surface area contributed by atoms with Crippen molar-refractivity contribution in [2.24, 2.45) is 14.1 Å². The van der Waals surface area contributed by atoms with Crippen molar-refractivity contribution in [3.05, 3.63) is 117 Å². The Morgan fingerprint density at radius 2 is 1.54 bits per heavy atom. The molecule has 1 unspecified atom stereocenters. The van der Waals surface area contributed by atoms with Crippen molar-refractivity contribution in [2.75, 3.05) is 12.0 Å². The number of benzene rings is 3. The van der Waals surface area contributed by atoms with Crippen LogP contribution in [0, 0.1) is 11.6 Å². The highest BCUT2D eigenvalue weighted by Gasteiger charge is 2.38. The number of ether oxygens (including phenoxy) is 1. The minimum Gasteiger partial charge on any atom is -0.497 e. The van der Waals surface area contributed by atoms with E-state index in [-0.39, 0.29) is 5.56 Å². The van der Waals surface area contributed by atoms with Crippen molar-refractivity contribution in [3.8, 4) is 11.4 Å². The van der Waals surface area contributed by atoms with E-state index in [9.17, 15) is 14.0 Å². The molecule has 0 spiro atoms. The summed E-state index contributed by atoms with van der Waals surface area (Å²) in [6.45, 7) is 0. The second-order valence-corrected chi connectivity index (χ2v) is 8.95. The summed E-state index contributed by atoms with van der Waals surface area (Å²) in [6.07, 6.45) is 1.67. The number of aromatic nitrogens is 3. The van der Waals surface area contributed by atoms with Gasteiger partial charge in [0.1, 0.15) is 11.8 Å². The van der Waals surface area contributed by atoms with Gasteiger partial charge in [-0.15, -0.1) is 0 Å². The van der Waals surface area contributed by atoms with Crippen LogP contribution in [0.15, 0.2) is 82.5 Å². The normalized spacial score (nSPS) is 14.5. The molecule has 1 aliphatic rings. The molecule has 5 aromatic rings. The van der Waals surface area contributed by atoms with E-state index < -0.39 is 28.9 Å². The number of fused-ring (bicyclic) bond motifs is 5. The summed E-state index contributed by atoms with van der Waals surface area (Å²) in [7, 11) is 4.56. The van der Waals surface area contributed by atoms with Gasteiger partial charge in [0, 0.05) is 31.5 Å². The second kappa shape index (κ2) is 8.19. The van der Waals surface area contributed by atoms with Gasteiger partial charge in [-0.3, -0.25) is 13.9 Å². The highest BCUT2D eigenvalue weighted by atomic mass is 19.2. The average molecular weight is 501 g/mol. The topological polar surface area (TPSA) is 61.4 Å². The first kappa shape index (κ1) is 22.8. The first-order valence-electron chi connectivity index (χ1n) is 11.6. The second-order valence-electron chi connectivity index (χ2n) is 8.95. The Morgan fingerprint density at radius 1 is 0.838 bits per heavy atom. The molecule has 0 fully saturated rings. The molecule has 0 amide bonds. The van der Waals surface area contributed by atoms with Crippen LogP contribution in [0.4, 0.5) is 20.2 Å². The molecule has 37 heavy (non-hydrogen) atoms. The van der Waals surface area contributed by atoms with Crippen molar-refractivity contribution in [1.29, 1.82) is 0 Å². The molecular formula is C28H22F2N4O3. The third kappa shape index (κ3) is 3.16. The summed E-state index contributed by atoms with van der Waals surface area (Å²) < 4.78 is 39.7. The molecule has 3 aromatic carbocycles. The van der Waals surface area contributed by atoms with Gasteiger partial charge in [-0.05, 0) is 42.5 Å². The van der Waals surface area contributed by atoms with Crippen LogP contribution in [0.5, 0.6) is 5.75 Å². The molecule has 7 nitrogen and oxygen atoms in total. The molecule has 3 heterocycles. The molecule has 186 valence electrons. The number of para-hydroxylation sites is 2. The number of rotatable bonds is 3. The molecule has 0 radical (unpaired) electrons. The van der Waals surface area contributed by atoms with Gasteiger partial charge >= 0.3 is 5.69 Å². The Labute approximate surface area is 210 Å². The van der Waals surface area contributed by atoms with E-state index in [4.69, 9.17) is 4.74 Å². The summed E-state index contributed by atoms with van der Waals surface area (Å²) in [5.41, 5.74) is 2.06. The van der Waals surface area contributed by atoms with Gasteiger partial charge in [0.2, 0.25) is 0 Å². The molecule has 6 rings (SSSR count). The Bertz CT molecular complexity index is 1820. The number of hydrogen-bond acceptors (Lipinski definition) is 4. The third-order valence-electron chi connectivity index (χ3n) is 7.00. The van der Waals surface area contributed by atoms with E-state index in [2.05, 4.69) is 0 Å². The minimum absolute atomic E-state index is 0.0692. The maximum absolute atomic E-state index is 15.5. The predicted octanol–water partition coefficient (Wildman–Crippen LogP) is 4.56. The van der Waals surface area contributed by atoms with Crippen LogP contribution < -0.4 is 20.9 Å². The van der Waals surface area contributed by atoms with Crippen LogP contribution in [0.1, 0.15) is 17.3 Å². The fourth-order valence-electron chi connectivity index (χ4n) is 5.25. The molecule has 0 aliphatic carbocycles. The smallest absolute Gasteiger partial charge is 0.331 e. The van der Waals surface area contributed by atoms with Crippen LogP contribution in [0.2, 0.25) is 0 Å². The Kier molecular flexibility index (Phi) is 5.04. The van der Waals surface area contributed by atoms with Crippen molar-refractivity contribution >= 4 is 22.3 Å². The minimum atomic E-state index is -1.000. The Hall–Kier alpha value is -4.66. The fourth-order valence-corrected chi connectivity index (χ4v) is 5.25. The summed E-state index contributed by atoms with van der Waals surface area (Å²) in [4.78, 5) is 28.1. The number of methoxy groups -OCH3 is 1. The van der Waals surface area contributed by atoms with Crippen LogP contribution in [0.25, 0.3) is 16.6 Å². The highest BCUT2D eigenvalue weighted by molar-refractivity contribution is 5.88. The summed E-state index contributed by atoms with van der Waals surface area (Å²) in [5.74, 6) is -1.35. The van der Waals surface area contributed by atoms with Gasteiger partial charge in [0.05, 0.1) is 35.1 Å². The summed E-state index contributed by atoms with van der Waals surface area (Å²) in [5, 5.41) is 0.299. The number of aryl methyl sites for hydroxylation is 1. The standard InChI is InChI=1S/C28H22F2N4O3/c1-31-24-19(27(35)32(2)28(31)36)15-33-21-9-4-5-10-22(21)34(16-11-13-17(37-3)14-12-16)25(26(24)33)18-7-6-8-20(29)23(18)30/h4-15,25H,1-3H3. The molecule has 2 aromatic heterocycles. The maximum atomic E-state index is 15.5. The molecule has 0 saturated carbocycles. The lowest BCUT2D eigenvalue weighted by molar-refractivity contribution is 0.415. The quantitative estimate of drug-likeness (QED) is 0.365. The zero-order chi connectivity index (χ0) is 26.0. The third-order valence-corrected chi connectivity index (χ3v) is 7.00. The van der Waals surface area contributed by atoms with Gasteiger partial charge in [0.25, 0.3) is 5.56 Å². The van der Waals surface area contributed by atoms with Crippen molar-refractivity contribution in [2.45, 2.75) is 6.04 Å². The molecule has 0 N–H and O–H groups in total. The zero-order valence-electron chi connectivity index (χ0n) is 20.3. The lowest BCUT2D eigenvalue weighted by atomic mass is 9.95. The highest BCUT2D eigenvalue weighted by Crippen LogP contribution is 2.49. The van der Waals surface area contributed by atoms with E-state index >= 15 is 4.39 Å². The monoisotopic (exact) mass is 500 g/mol. The lowest BCUT2D eigenvalue weighted by Crippen LogP contribution is -2.37. The number of hydrogen-bond donors (Lipinski definition) is 0. The Balaban J connectivity index is 1.80. The van der Waals surface area contributed by atoms with Gasteiger partial charge in [0.15, 0.2) is 11.6 Å².